The Morgan fingerprint density at radius 3 is 2.31 bits per heavy atom. The number of anilines is 2. The van der Waals surface area contributed by atoms with Crippen molar-refractivity contribution < 1.29 is 22.8 Å². The second-order valence-electron chi connectivity index (χ2n) is 7.87. The third-order valence-electron chi connectivity index (χ3n) is 4.99. The first-order chi connectivity index (χ1) is 15.1. The number of hydrogen-bond donors (Lipinski definition) is 2. The zero-order chi connectivity index (χ0) is 23.3. The number of pyridine rings is 1. The molecule has 10 heteroatoms. The summed E-state index contributed by atoms with van der Waals surface area (Å²) >= 11 is 0. The molecule has 1 aliphatic rings. The van der Waals surface area contributed by atoms with Gasteiger partial charge in [0, 0.05) is 49.7 Å². The van der Waals surface area contributed by atoms with Crippen LogP contribution < -0.4 is 15.5 Å². The van der Waals surface area contributed by atoms with Crippen molar-refractivity contribution in [2.75, 3.05) is 36.4 Å². The summed E-state index contributed by atoms with van der Waals surface area (Å²) in [6, 6.07) is 8.74. The van der Waals surface area contributed by atoms with Gasteiger partial charge in [-0.1, -0.05) is 0 Å². The summed E-state index contributed by atoms with van der Waals surface area (Å²) in [6.07, 6.45) is -2.92. The van der Waals surface area contributed by atoms with Crippen LogP contribution in [-0.2, 0) is 6.18 Å². The molecule has 1 aliphatic heterocycles. The summed E-state index contributed by atoms with van der Waals surface area (Å²) in [4.78, 5) is 32.2. The molecule has 0 aliphatic carbocycles. The number of nitrogens with zero attached hydrogens (tertiary/aromatic N) is 3. The first-order valence-electron chi connectivity index (χ1n) is 10.4. The van der Waals surface area contributed by atoms with Gasteiger partial charge in [-0.2, -0.15) is 13.2 Å². The summed E-state index contributed by atoms with van der Waals surface area (Å²) in [5, 5.41) is 5.43. The topological polar surface area (TPSA) is 77.6 Å². The second-order valence-corrected chi connectivity index (χ2v) is 7.87. The molecule has 2 heterocycles. The van der Waals surface area contributed by atoms with Gasteiger partial charge in [-0.05, 0) is 56.7 Å². The lowest BCUT2D eigenvalue weighted by Crippen LogP contribution is -2.35. The summed E-state index contributed by atoms with van der Waals surface area (Å²) in [5.41, 5.74) is 0.295. The molecule has 1 fully saturated rings. The number of aromatic nitrogens is 1. The molecule has 0 spiro atoms. The minimum absolute atomic E-state index is 0.0104. The SMILES string of the molecule is CC(C)NC(=O)Nc1ccc(C(=O)N2CCCN(c3ccc(C(F)(F)F)cn3)CC2)cc1. The lowest BCUT2D eigenvalue weighted by molar-refractivity contribution is -0.137. The minimum Gasteiger partial charge on any atom is -0.355 e. The lowest BCUT2D eigenvalue weighted by Gasteiger charge is -2.23. The summed E-state index contributed by atoms with van der Waals surface area (Å²) in [6.45, 7) is 5.74. The fourth-order valence-electron chi connectivity index (χ4n) is 3.40. The number of benzene rings is 1. The van der Waals surface area contributed by atoms with Crippen molar-refractivity contribution in [3.8, 4) is 0 Å². The Kier molecular flexibility index (Phi) is 7.22. The number of carbonyl (C=O) groups is 2. The molecule has 3 rings (SSSR count). The maximum atomic E-state index is 12.9. The predicted molar refractivity (Wildman–Crippen MR) is 116 cm³/mol. The molecule has 3 amide bonds. The van der Waals surface area contributed by atoms with Crippen molar-refractivity contribution in [3.63, 3.8) is 0 Å². The van der Waals surface area contributed by atoms with Crippen LogP contribution in [0.15, 0.2) is 42.6 Å². The molecular weight excluding hydrogens is 423 g/mol. The Morgan fingerprint density at radius 1 is 1.00 bits per heavy atom. The second kappa shape index (κ2) is 9.88. The molecule has 0 unspecified atom stereocenters. The van der Waals surface area contributed by atoms with Crippen molar-refractivity contribution in [3.05, 3.63) is 53.7 Å². The first-order valence-corrected chi connectivity index (χ1v) is 10.4. The molecule has 0 radical (unpaired) electrons. The van der Waals surface area contributed by atoms with Crippen LogP contribution in [0.2, 0.25) is 0 Å². The van der Waals surface area contributed by atoms with Crippen LogP contribution >= 0.6 is 0 Å². The van der Waals surface area contributed by atoms with E-state index in [1.165, 1.54) is 6.07 Å². The lowest BCUT2D eigenvalue weighted by atomic mass is 10.1. The Bertz CT molecular complexity index is 930. The number of carbonyl (C=O) groups excluding carboxylic acids is 2. The fraction of sp³-hybridized carbons (Fsp3) is 0.409. The van der Waals surface area contributed by atoms with Gasteiger partial charge in [-0.25, -0.2) is 9.78 Å². The standard InChI is InChI=1S/C22H26F3N5O2/c1-15(2)27-21(32)28-18-7-4-16(5-8-18)20(31)30-11-3-10-29(12-13-30)19-9-6-17(14-26-19)22(23,24)25/h4-9,14-15H,3,10-13H2,1-2H3,(H2,27,28,32). The smallest absolute Gasteiger partial charge is 0.355 e. The molecule has 172 valence electrons. The number of amides is 3. The highest BCUT2D eigenvalue weighted by atomic mass is 19.4. The van der Waals surface area contributed by atoms with E-state index in [2.05, 4.69) is 15.6 Å². The molecule has 1 aromatic heterocycles. The maximum Gasteiger partial charge on any atom is 0.417 e. The summed E-state index contributed by atoms with van der Waals surface area (Å²) in [7, 11) is 0. The van der Waals surface area contributed by atoms with Gasteiger partial charge in [0.15, 0.2) is 0 Å². The van der Waals surface area contributed by atoms with Gasteiger partial charge in [0.05, 0.1) is 5.56 Å². The van der Waals surface area contributed by atoms with Gasteiger partial charge in [0.2, 0.25) is 0 Å². The van der Waals surface area contributed by atoms with Gasteiger partial charge >= 0.3 is 12.2 Å². The van der Waals surface area contributed by atoms with E-state index in [9.17, 15) is 22.8 Å². The van der Waals surface area contributed by atoms with E-state index in [4.69, 9.17) is 0 Å². The summed E-state index contributed by atoms with van der Waals surface area (Å²) in [5.74, 6) is 0.327. The molecule has 0 bridgehead atoms. The Hall–Kier alpha value is -3.30. The number of urea groups is 1. The van der Waals surface area contributed by atoms with Gasteiger partial charge in [0.1, 0.15) is 5.82 Å². The molecular formula is C22H26F3N5O2. The van der Waals surface area contributed by atoms with E-state index in [0.29, 0.717) is 49.7 Å². The molecule has 0 saturated carbocycles. The van der Waals surface area contributed by atoms with E-state index in [-0.39, 0.29) is 18.0 Å². The third kappa shape index (κ3) is 6.12. The number of hydrogen-bond acceptors (Lipinski definition) is 4. The van der Waals surface area contributed by atoms with Crippen molar-refractivity contribution >= 4 is 23.4 Å². The maximum absolute atomic E-state index is 12.9. The van der Waals surface area contributed by atoms with Crippen LogP contribution in [-0.4, -0.2) is 54.0 Å². The highest BCUT2D eigenvalue weighted by molar-refractivity contribution is 5.95. The number of halogens is 3. The van der Waals surface area contributed by atoms with E-state index >= 15 is 0 Å². The molecule has 7 nitrogen and oxygen atoms in total. The van der Waals surface area contributed by atoms with Gasteiger partial charge in [-0.15, -0.1) is 0 Å². The van der Waals surface area contributed by atoms with E-state index in [1.807, 2.05) is 18.7 Å². The molecule has 32 heavy (non-hydrogen) atoms. The molecule has 1 aromatic carbocycles. The van der Waals surface area contributed by atoms with E-state index in [1.54, 1.807) is 29.2 Å². The van der Waals surface area contributed by atoms with Crippen molar-refractivity contribution in [1.82, 2.24) is 15.2 Å². The number of alkyl halides is 3. The van der Waals surface area contributed by atoms with Crippen LogP contribution in [0.3, 0.4) is 0 Å². The van der Waals surface area contributed by atoms with Crippen LogP contribution in [0.25, 0.3) is 0 Å². The molecule has 1 saturated heterocycles. The van der Waals surface area contributed by atoms with Crippen molar-refractivity contribution in [2.45, 2.75) is 32.5 Å². The van der Waals surface area contributed by atoms with Crippen LogP contribution in [0.5, 0.6) is 0 Å². The van der Waals surface area contributed by atoms with Crippen LogP contribution in [0.4, 0.5) is 29.5 Å². The Balaban J connectivity index is 1.59. The van der Waals surface area contributed by atoms with Gasteiger partial charge in [0.25, 0.3) is 5.91 Å². The van der Waals surface area contributed by atoms with E-state index in [0.717, 1.165) is 12.3 Å². The minimum atomic E-state index is -4.42. The number of nitrogens with one attached hydrogen (secondary N) is 2. The normalized spacial score (nSPS) is 14.8. The Morgan fingerprint density at radius 2 is 1.72 bits per heavy atom. The number of rotatable bonds is 4. The van der Waals surface area contributed by atoms with E-state index < -0.39 is 11.7 Å². The zero-order valence-corrected chi connectivity index (χ0v) is 17.9. The molecule has 0 atom stereocenters. The largest absolute Gasteiger partial charge is 0.417 e. The van der Waals surface area contributed by atoms with Crippen molar-refractivity contribution in [2.24, 2.45) is 0 Å². The predicted octanol–water partition coefficient (Wildman–Crippen LogP) is 3.98. The molecule has 2 N–H and O–H groups in total. The summed E-state index contributed by atoms with van der Waals surface area (Å²) < 4.78 is 38.2. The van der Waals surface area contributed by atoms with Crippen LogP contribution in [0, 0.1) is 0 Å². The van der Waals surface area contributed by atoms with Gasteiger partial charge < -0.3 is 20.4 Å². The highest BCUT2D eigenvalue weighted by Gasteiger charge is 2.31. The quantitative estimate of drug-likeness (QED) is 0.740. The zero-order valence-electron chi connectivity index (χ0n) is 17.9. The third-order valence-corrected chi connectivity index (χ3v) is 4.99. The van der Waals surface area contributed by atoms with Crippen LogP contribution in [0.1, 0.15) is 36.2 Å². The van der Waals surface area contributed by atoms with Crippen molar-refractivity contribution in [1.29, 1.82) is 0 Å². The average Bonchev–Trinajstić information content (AvgIpc) is 2.99. The van der Waals surface area contributed by atoms with Gasteiger partial charge in [-0.3, -0.25) is 4.79 Å². The average molecular weight is 449 g/mol. The molecule has 2 aromatic rings. The fourth-order valence-corrected chi connectivity index (χ4v) is 3.40. The Labute approximate surface area is 184 Å². The monoisotopic (exact) mass is 449 g/mol. The first kappa shape index (κ1) is 23.4. The highest BCUT2D eigenvalue weighted by Crippen LogP contribution is 2.29.